The van der Waals surface area contributed by atoms with Crippen molar-refractivity contribution in [3.63, 3.8) is 0 Å². The minimum atomic E-state index is -3.38. The molecule has 1 rings (SSSR count). The largest absolute Gasteiger partial charge is 0.497 e. The van der Waals surface area contributed by atoms with E-state index in [0.717, 1.165) is 12.8 Å². The van der Waals surface area contributed by atoms with Gasteiger partial charge in [0.25, 0.3) is 0 Å². The highest BCUT2D eigenvalue weighted by Gasteiger charge is 2.28. The zero-order valence-electron chi connectivity index (χ0n) is 12.3. The number of sulfone groups is 1. The van der Waals surface area contributed by atoms with Crippen LogP contribution in [0.3, 0.4) is 0 Å². The van der Waals surface area contributed by atoms with Gasteiger partial charge in [-0.1, -0.05) is 19.8 Å². The Kier molecular flexibility index (Phi) is 6.20. The van der Waals surface area contributed by atoms with Crippen LogP contribution in [0.15, 0.2) is 24.3 Å². The highest BCUT2D eigenvalue weighted by molar-refractivity contribution is 7.92. The molecule has 112 valence electrons. The van der Waals surface area contributed by atoms with E-state index in [4.69, 9.17) is 4.74 Å². The topological polar surface area (TPSA) is 60.4 Å². The lowest BCUT2D eigenvalue weighted by Crippen LogP contribution is -2.29. The fourth-order valence-electron chi connectivity index (χ4n) is 1.88. The number of ether oxygens (including phenoxy) is 1. The minimum Gasteiger partial charge on any atom is -0.497 e. The lowest BCUT2D eigenvalue weighted by Gasteiger charge is -2.12. The molecule has 20 heavy (non-hydrogen) atoms. The molecule has 0 radical (unpaired) electrons. The summed E-state index contributed by atoms with van der Waals surface area (Å²) in [4.78, 5) is 12.2. The smallest absolute Gasteiger partial charge is 0.180 e. The van der Waals surface area contributed by atoms with Gasteiger partial charge in [-0.05, 0) is 37.6 Å². The fraction of sp³-hybridized carbons (Fsp3) is 0.533. The number of carbonyl (C=O) groups is 1. The molecule has 1 unspecified atom stereocenters. The summed E-state index contributed by atoms with van der Waals surface area (Å²) in [6.07, 6.45) is 2.43. The average molecular weight is 298 g/mol. The molecule has 4 nitrogen and oxygen atoms in total. The van der Waals surface area contributed by atoms with Crippen LogP contribution in [0.2, 0.25) is 0 Å². The zero-order chi connectivity index (χ0) is 15.2. The molecule has 1 atom stereocenters. The average Bonchev–Trinajstić information content (AvgIpc) is 2.46. The molecule has 0 saturated carbocycles. The molecule has 0 saturated heterocycles. The second kappa shape index (κ2) is 7.43. The molecule has 0 bridgehead atoms. The first-order valence-corrected chi connectivity index (χ1v) is 8.53. The number of carbonyl (C=O) groups excluding carboxylic acids is 1. The maximum absolute atomic E-state index is 12.2. The highest BCUT2D eigenvalue weighted by atomic mass is 32.2. The quantitative estimate of drug-likeness (QED) is 0.547. The molecule has 0 amide bonds. The summed E-state index contributed by atoms with van der Waals surface area (Å²) in [7, 11) is -1.84. The van der Waals surface area contributed by atoms with Crippen LogP contribution in [0.25, 0.3) is 0 Å². The number of benzene rings is 1. The van der Waals surface area contributed by atoms with Gasteiger partial charge in [-0.15, -0.1) is 0 Å². The zero-order valence-corrected chi connectivity index (χ0v) is 13.1. The van der Waals surface area contributed by atoms with Crippen molar-refractivity contribution in [2.75, 3.05) is 12.9 Å². The van der Waals surface area contributed by atoms with Gasteiger partial charge in [0.2, 0.25) is 0 Å². The van der Waals surface area contributed by atoms with Gasteiger partial charge in [0.1, 0.15) is 11.0 Å². The number of hydrogen-bond acceptors (Lipinski definition) is 4. The lowest BCUT2D eigenvalue weighted by molar-refractivity contribution is 0.0991. The number of hydrogen-bond donors (Lipinski definition) is 0. The van der Waals surface area contributed by atoms with Gasteiger partial charge in [0, 0.05) is 5.56 Å². The van der Waals surface area contributed by atoms with E-state index in [1.54, 1.807) is 24.3 Å². The first kappa shape index (κ1) is 16.7. The second-order valence-electron chi connectivity index (χ2n) is 4.81. The summed E-state index contributed by atoms with van der Waals surface area (Å²) in [6, 6.07) is 6.51. The first-order chi connectivity index (χ1) is 9.42. The van der Waals surface area contributed by atoms with E-state index in [-0.39, 0.29) is 11.5 Å². The van der Waals surface area contributed by atoms with Crippen molar-refractivity contribution in [1.29, 1.82) is 0 Å². The van der Waals surface area contributed by atoms with Gasteiger partial charge < -0.3 is 4.74 Å². The molecule has 0 aliphatic rings. The Labute approximate surface area is 121 Å². The summed E-state index contributed by atoms with van der Waals surface area (Å²) in [5.74, 6) is 0.355. The van der Waals surface area contributed by atoms with Gasteiger partial charge in [-0.3, -0.25) is 4.79 Å². The predicted octanol–water partition coefficient (Wildman–Crippen LogP) is 2.87. The first-order valence-electron chi connectivity index (χ1n) is 6.82. The minimum absolute atomic E-state index is 0.0733. The molecule has 0 fully saturated rings. The molecule has 0 aliphatic heterocycles. The third-order valence-corrected chi connectivity index (χ3v) is 5.46. The lowest BCUT2D eigenvalue weighted by atomic mass is 10.1. The van der Waals surface area contributed by atoms with E-state index in [2.05, 4.69) is 0 Å². The van der Waals surface area contributed by atoms with E-state index >= 15 is 0 Å². The Morgan fingerprint density at radius 1 is 1.20 bits per heavy atom. The third kappa shape index (κ3) is 4.34. The van der Waals surface area contributed by atoms with Crippen LogP contribution in [0, 0.1) is 0 Å². The van der Waals surface area contributed by atoms with E-state index in [1.165, 1.54) is 14.0 Å². The summed E-state index contributed by atoms with van der Waals surface area (Å²) >= 11 is 0. The number of methoxy groups -OCH3 is 1. The normalized spacial score (nSPS) is 12.9. The SMILES string of the molecule is CCCCCS(=O)(=O)C(C)C(=O)c1ccc(OC)cc1. The van der Waals surface area contributed by atoms with E-state index in [1.807, 2.05) is 6.92 Å². The summed E-state index contributed by atoms with van der Waals surface area (Å²) in [6.45, 7) is 3.48. The highest BCUT2D eigenvalue weighted by Crippen LogP contribution is 2.16. The van der Waals surface area contributed by atoms with Crippen molar-refractivity contribution in [3.05, 3.63) is 29.8 Å². The number of Topliss-reactive ketones (excluding diaryl/α,β-unsaturated/α-hetero) is 1. The van der Waals surface area contributed by atoms with Crippen LogP contribution < -0.4 is 4.74 Å². The Bertz CT molecular complexity index is 531. The fourth-order valence-corrected chi connectivity index (χ4v) is 3.31. The Hall–Kier alpha value is -1.36. The Morgan fingerprint density at radius 2 is 1.80 bits per heavy atom. The Balaban J connectivity index is 2.79. The van der Waals surface area contributed by atoms with Crippen molar-refractivity contribution in [3.8, 4) is 5.75 Å². The van der Waals surface area contributed by atoms with Crippen LogP contribution in [0.1, 0.15) is 43.5 Å². The molecular weight excluding hydrogens is 276 g/mol. The van der Waals surface area contributed by atoms with E-state index in [0.29, 0.717) is 17.7 Å². The van der Waals surface area contributed by atoms with Crippen molar-refractivity contribution in [2.45, 2.75) is 38.4 Å². The second-order valence-corrected chi connectivity index (χ2v) is 7.25. The van der Waals surface area contributed by atoms with Crippen LogP contribution >= 0.6 is 0 Å². The van der Waals surface area contributed by atoms with Crippen molar-refractivity contribution in [2.24, 2.45) is 0 Å². The Morgan fingerprint density at radius 3 is 2.30 bits per heavy atom. The van der Waals surface area contributed by atoms with Crippen molar-refractivity contribution < 1.29 is 17.9 Å². The monoisotopic (exact) mass is 298 g/mol. The number of rotatable bonds is 8. The van der Waals surface area contributed by atoms with Gasteiger partial charge in [-0.2, -0.15) is 0 Å². The molecule has 1 aromatic rings. The molecule has 5 heteroatoms. The predicted molar refractivity (Wildman–Crippen MR) is 80.1 cm³/mol. The molecule has 0 N–H and O–H groups in total. The van der Waals surface area contributed by atoms with Crippen LogP contribution in [0.4, 0.5) is 0 Å². The molecule has 0 heterocycles. The van der Waals surface area contributed by atoms with Gasteiger partial charge >= 0.3 is 0 Å². The van der Waals surface area contributed by atoms with Crippen LogP contribution in [-0.4, -0.2) is 32.3 Å². The third-order valence-electron chi connectivity index (χ3n) is 3.31. The maximum atomic E-state index is 12.2. The van der Waals surface area contributed by atoms with Crippen LogP contribution in [0.5, 0.6) is 5.75 Å². The number of unbranched alkanes of at least 4 members (excludes halogenated alkanes) is 2. The number of ketones is 1. The molecule has 0 aromatic heterocycles. The molecular formula is C15H22O4S. The summed E-state index contributed by atoms with van der Waals surface area (Å²) < 4.78 is 29.2. The van der Waals surface area contributed by atoms with E-state index < -0.39 is 15.1 Å². The van der Waals surface area contributed by atoms with Gasteiger partial charge in [-0.25, -0.2) is 8.42 Å². The van der Waals surface area contributed by atoms with Gasteiger partial charge in [0.15, 0.2) is 15.6 Å². The molecule has 0 spiro atoms. The van der Waals surface area contributed by atoms with E-state index in [9.17, 15) is 13.2 Å². The van der Waals surface area contributed by atoms with Gasteiger partial charge in [0.05, 0.1) is 12.9 Å². The summed E-state index contributed by atoms with van der Waals surface area (Å²) in [5, 5.41) is -0.993. The van der Waals surface area contributed by atoms with Crippen molar-refractivity contribution >= 4 is 15.6 Å². The summed E-state index contributed by atoms with van der Waals surface area (Å²) in [5.41, 5.74) is 0.400. The molecule has 1 aromatic carbocycles. The molecule has 0 aliphatic carbocycles. The maximum Gasteiger partial charge on any atom is 0.180 e. The van der Waals surface area contributed by atoms with Crippen LogP contribution in [-0.2, 0) is 9.84 Å². The standard InChI is InChI=1S/C15H22O4S/c1-4-5-6-11-20(17,18)12(2)15(16)13-7-9-14(19-3)10-8-13/h7-10,12H,4-6,11H2,1-3H3. The van der Waals surface area contributed by atoms with Crippen molar-refractivity contribution in [1.82, 2.24) is 0 Å².